The molecule has 43 heavy (non-hydrogen) atoms. The van der Waals surface area contributed by atoms with Crippen LogP contribution in [-0.4, -0.2) is 74.6 Å². The molecule has 0 aromatic heterocycles. The van der Waals surface area contributed by atoms with E-state index in [1.54, 1.807) is 21.1 Å². The van der Waals surface area contributed by atoms with Gasteiger partial charge in [0.1, 0.15) is 0 Å². The quantitative estimate of drug-likeness (QED) is 0.448. The largest absolute Gasteiger partial charge is 0.493 e. The molecule has 5 atom stereocenters. The van der Waals surface area contributed by atoms with Crippen LogP contribution in [0, 0.1) is 5.92 Å². The summed E-state index contributed by atoms with van der Waals surface area (Å²) in [5.74, 6) is 3.03. The highest BCUT2D eigenvalue weighted by Gasteiger charge is 2.60. The van der Waals surface area contributed by atoms with Crippen LogP contribution in [0.2, 0.25) is 0 Å². The Morgan fingerprint density at radius 1 is 0.907 bits per heavy atom. The predicted molar refractivity (Wildman–Crippen MR) is 153 cm³/mol. The zero-order valence-corrected chi connectivity index (χ0v) is 24.2. The Hall–Kier alpha value is -4.60. The lowest BCUT2D eigenvalue weighted by molar-refractivity contribution is -0.142. The first-order valence-corrected chi connectivity index (χ1v) is 14.6. The molecule has 10 heteroatoms. The van der Waals surface area contributed by atoms with E-state index in [1.165, 1.54) is 0 Å². The predicted octanol–water partition coefficient (Wildman–Crippen LogP) is 3.69. The number of carbonyl (C=O) groups excluding carboxylic acids is 2. The van der Waals surface area contributed by atoms with Gasteiger partial charge in [0.05, 0.1) is 32.2 Å². The molecule has 0 saturated carbocycles. The first kappa shape index (κ1) is 26.1. The highest BCUT2D eigenvalue weighted by Crippen LogP contribution is 2.62. The third kappa shape index (κ3) is 3.78. The second-order valence-corrected chi connectivity index (χ2v) is 11.7. The number of piperazine rings is 1. The van der Waals surface area contributed by atoms with E-state index in [0.29, 0.717) is 54.0 Å². The lowest BCUT2D eigenvalue weighted by Crippen LogP contribution is -2.59. The van der Waals surface area contributed by atoms with Gasteiger partial charge in [0.15, 0.2) is 23.0 Å². The summed E-state index contributed by atoms with van der Waals surface area (Å²) < 4.78 is 34.4. The summed E-state index contributed by atoms with van der Waals surface area (Å²) in [6.45, 7) is 2.74. The monoisotopic (exact) mass is 584 g/mol. The van der Waals surface area contributed by atoms with Gasteiger partial charge in [-0.05, 0) is 41.3 Å². The van der Waals surface area contributed by atoms with Crippen LogP contribution in [0.25, 0.3) is 0 Å². The molecule has 2 amide bonds. The number of nitrogens with zero attached hydrogens (tertiary/aromatic N) is 2. The minimum atomic E-state index is -0.336. The smallest absolute Gasteiger partial charge is 0.231 e. The number of rotatable bonds is 5. The van der Waals surface area contributed by atoms with E-state index in [-0.39, 0.29) is 55.2 Å². The average Bonchev–Trinajstić information content (AvgIpc) is 3.80. The fourth-order valence-corrected chi connectivity index (χ4v) is 8.00. The SMILES string of the molecule is COc1cc(CC2CN3C(=O)C4C(c5ccccc5)c5c(cc6c(c5OC)OCO6)C4C3CN2C(C)=O)cc2c1OCO2. The Labute approximate surface area is 249 Å². The van der Waals surface area contributed by atoms with E-state index < -0.39 is 0 Å². The van der Waals surface area contributed by atoms with E-state index in [0.717, 1.165) is 22.3 Å². The van der Waals surface area contributed by atoms with Crippen LogP contribution in [0.4, 0.5) is 0 Å². The first-order chi connectivity index (χ1) is 21.0. The Morgan fingerprint density at radius 3 is 2.37 bits per heavy atom. The van der Waals surface area contributed by atoms with Crippen LogP contribution in [0.15, 0.2) is 48.5 Å². The summed E-state index contributed by atoms with van der Waals surface area (Å²) in [4.78, 5) is 31.6. The molecule has 4 heterocycles. The molecule has 0 spiro atoms. The lowest BCUT2D eigenvalue weighted by Gasteiger charge is -2.45. The van der Waals surface area contributed by atoms with E-state index in [9.17, 15) is 9.59 Å². The molecule has 5 aliphatic rings. The summed E-state index contributed by atoms with van der Waals surface area (Å²) in [5, 5.41) is 0. The molecule has 222 valence electrons. The minimum Gasteiger partial charge on any atom is -0.493 e. The molecule has 2 saturated heterocycles. The van der Waals surface area contributed by atoms with Crippen molar-refractivity contribution < 1.29 is 38.0 Å². The maximum Gasteiger partial charge on any atom is 0.231 e. The summed E-state index contributed by atoms with van der Waals surface area (Å²) >= 11 is 0. The van der Waals surface area contributed by atoms with Crippen molar-refractivity contribution in [3.05, 3.63) is 70.8 Å². The molecular weight excluding hydrogens is 552 g/mol. The summed E-state index contributed by atoms with van der Waals surface area (Å²) in [7, 11) is 3.23. The van der Waals surface area contributed by atoms with Crippen molar-refractivity contribution in [3.8, 4) is 34.5 Å². The molecule has 0 bridgehead atoms. The van der Waals surface area contributed by atoms with E-state index in [4.69, 9.17) is 28.4 Å². The Kier molecular flexibility index (Phi) is 5.89. The third-order valence-electron chi connectivity index (χ3n) is 9.68. The number of hydrogen-bond donors (Lipinski definition) is 0. The summed E-state index contributed by atoms with van der Waals surface area (Å²) in [6.07, 6.45) is 0.545. The maximum absolute atomic E-state index is 14.5. The van der Waals surface area contributed by atoms with Gasteiger partial charge in [-0.3, -0.25) is 9.59 Å². The van der Waals surface area contributed by atoms with Crippen LogP contribution >= 0.6 is 0 Å². The van der Waals surface area contributed by atoms with Gasteiger partial charge in [0.25, 0.3) is 0 Å². The zero-order valence-electron chi connectivity index (χ0n) is 24.2. The van der Waals surface area contributed by atoms with Crippen LogP contribution in [-0.2, 0) is 16.0 Å². The molecule has 0 N–H and O–H groups in total. The summed E-state index contributed by atoms with van der Waals surface area (Å²) in [6, 6.07) is 15.6. The van der Waals surface area contributed by atoms with Crippen LogP contribution in [0.5, 0.6) is 34.5 Å². The van der Waals surface area contributed by atoms with E-state index >= 15 is 0 Å². The second kappa shape index (κ2) is 9.72. The fourth-order valence-electron chi connectivity index (χ4n) is 8.00. The molecule has 0 radical (unpaired) electrons. The molecule has 10 nitrogen and oxygen atoms in total. The number of hydrogen-bond acceptors (Lipinski definition) is 8. The van der Waals surface area contributed by atoms with Gasteiger partial charge in [-0.1, -0.05) is 30.3 Å². The third-order valence-corrected chi connectivity index (χ3v) is 9.68. The van der Waals surface area contributed by atoms with Gasteiger partial charge in [0.2, 0.25) is 36.9 Å². The number of ether oxygens (including phenoxy) is 6. The molecule has 3 aromatic carbocycles. The molecule has 8 rings (SSSR count). The number of amides is 2. The van der Waals surface area contributed by atoms with Crippen molar-refractivity contribution in [2.75, 3.05) is 40.9 Å². The Balaban J connectivity index is 1.20. The Morgan fingerprint density at radius 2 is 1.65 bits per heavy atom. The van der Waals surface area contributed by atoms with Crippen molar-refractivity contribution in [2.45, 2.75) is 37.3 Å². The standard InChI is InChI=1S/C33H32N2O8/c1-17(36)34-14-22-27-21-12-25-31(43-16-41-25)32(39-3)28(21)26(19-7-5-4-6-8-19)29(27)33(37)35(22)13-20(34)9-18-10-23(38-2)30-24(11-18)40-15-42-30/h4-8,10-12,20,22,26-27,29H,9,13-16H2,1-3H3. The molecule has 3 aromatic rings. The van der Waals surface area contributed by atoms with E-state index in [2.05, 4.69) is 12.1 Å². The van der Waals surface area contributed by atoms with Gasteiger partial charge in [-0.15, -0.1) is 0 Å². The van der Waals surface area contributed by atoms with E-state index in [1.807, 2.05) is 46.2 Å². The van der Waals surface area contributed by atoms with Crippen molar-refractivity contribution in [3.63, 3.8) is 0 Å². The molecule has 5 unspecified atom stereocenters. The average molecular weight is 585 g/mol. The maximum atomic E-state index is 14.5. The zero-order chi connectivity index (χ0) is 29.4. The first-order valence-electron chi connectivity index (χ1n) is 14.6. The van der Waals surface area contributed by atoms with Gasteiger partial charge in [0, 0.05) is 37.4 Å². The number of benzene rings is 3. The van der Waals surface area contributed by atoms with Gasteiger partial charge >= 0.3 is 0 Å². The topological polar surface area (TPSA) is 96.0 Å². The van der Waals surface area contributed by atoms with Gasteiger partial charge in [-0.2, -0.15) is 0 Å². The molecule has 1 aliphatic carbocycles. The number of carbonyl (C=O) groups is 2. The molecule has 4 aliphatic heterocycles. The van der Waals surface area contributed by atoms with Gasteiger partial charge < -0.3 is 38.2 Å². The summed E-state index contributed by atoms with van der Waals surface area (Å²) in [5.41, 5.74) is 4.01. The van der Waals surface area contributed by atoms with Crippen LogP contribution in [0.3, 0.4) is 0 Å². The number of fused-ring (bicyclic) bond motifs is 7. The lowest BCUT2D eigenvalue weighted by atomic mass is 9.82. The van der Waals surface area contributed by atoms with Crippen LogP contribution in [0.1, 0.15) is 41.0 Å². The highest BCUT2D eigenvalue weighted by molar-refractivity contribution is 5.89. The molecular formula is C33H32N2O8. The molecule has 2 fully saturated rings. The number of methoxy groups -OCH3 is 2. The highest BCUT2D eigenvalue weighted by atomic mass is 16.7. The van der Waals surface area contributed by atoms with Crippen LogP contribution < -0.4 is 28.4 Å². The van der Waals surface area contributed by atoms with Crippen molar-refractivity contribution in [2.24, 2.45) is 5.92 Å². The normalized spacial score (nSPS) is 25.8. The van der Waals surface area contributed by atoms with Crippen molar-refractivity contribution >= 4 is 11.8 Å². The van der Waals surface area contributed by atoms with Gasteiger partial charge in [-0.25, -0.2) is 0 Å². The van der Waals surface area contributed by atoms with Crippen molar-refractivity contribution in [1.29, 1.82) is 0 Å². The minimum absolute atomic E-state index is 0.0191. The fraction of sp³-hybridized carbons (Fsp3) is 0.394. The second-order valence-electron chi connectivity index (χ2n) is 11.7. The Bertz CT molecular complexity index is 1640. The van der Waals surface area contributed by atoms with Crippen molar-refractivity contribution in [1.82, 2.24) is 9.80 Å².